The highest BCUT2D eigenvalue weighted by Crippen LogP contribution is 2.64. The number of hydrogen-bond acceptors (Lipinski definition) is 16. The van der Waals surface area contributed by atoms with Crippen LogP contribution in [0, 0.1) is 16.7 Å². The molecule has 3 aromatic rings. The fourth-order valence-corrected chi connectivity index (χ4v) is 10.5. The predicted octanol–water partition coefficient (Wildman–Crippen LogP) is 5.08. The molecule has 3 unspecified atom stereocenters. The van der Waals surface area contributed by atoms with Crippen LogP contribution in [0.25, 0.3) is 0 Å². The monoisotopic (exact) mass is 937 g/mol. The zero-order valence-electron chi connectivity index (χ0n) is 38.5. The number of rotatable bonds is 13. The van der Waals surface area contributed by atoms with Crippen molar-refractivity contribution in [3.63, 3.8) is 0 Å². The molecule has 0 aromatic heterocycles. The van der Waals surface area contributed by atoms with E-state index in [0.29, 0.717) is 5.56 Å². The van der Waals surface area contributed by atoms with Gasteiger partial charge in [0, 0.05) is 37.7 Å². The second kappa shape index (κ2) is 19.1. The number of benzene rings is 3. The third-order valence-electron chi connectivity index (χ3n) is 14.0. The number of hydrogen-bond donors (Lipinski definition) is 3. The highest BCUT2D eigenvalue weighted by Gasteiger charge is 2.78. The zero-order chi connectivity index (χ0) is 49.3. The number of aliphatic hydroxyl groups is 2. The summed E-state index contributed by atoms with van der Waals surface area (Å²) in [5.74, 6) is -7.11. The SMILES string of the molecule is C=CCOC(=O)O[C@@H](C(=O)O[C@H]1C[C@@]2(O)[C@@H](OC(=O)c3ccccc3)C3[C@]4(OC(C)=O)COC4C[C@H](O)[C@@]3(C)C(=O)C(OC(C)=O)C(=C1C)C2(C)C)[C@@H](NC(=O)c1ccccc1)c1ccccc1. The summed E-state index contributed by atoms with van der Waals surface area (Å²) in [6, 6.07) is 22.5. The average Bonchev–Trinajstić information content (AvgIpc) is 3.30. The Labute approximate surface area is 392 Å². The fourth-order valence-electron chi connectivity index (χ4n) is 10.5. The smallest absolute Gasteiger partial charge is 0.455 e. The van der Waals surface area contributed by atoms with E-state index in [9.17, 15) is 34.2 Å². The van der Waals surface area contributed by atoms with Gasteiger partial charge in [0.1, 0.15) is 36.6 Å². The number of carbonyl (C=O) groups is 7. The summed E-state index contributed by atoms with van der Waals surface area (Å²) in [7, 11) is 0. The number of ether oxygens (including phenoxy) is 7. The van der Waals surface area contributed by atoms with E-state index in [-0.39, 0.29) is 41.9 Å². The predicted molar refractivity (Wildman–Crippen MR) is 238 cm³/mol. The minimum atomic E-state index is -2.47. The third-order valence-corrected chi connectivity index (χ3v) is 14.0. The van der Waals surface area contributed by atoms with Crippen molar-refractivity contribution in [2.24, 2.45) is 16.7 Å². The number of ketones is 1. The molecule has 3 aliphatic carbocycles. The quantitative estimate of drug-likeness (QED) is 0.115. The van der Waals surface area contributed by atoms with Crippen LogP contribution < -0.4 is 5.32 Å². The molecule has 0 radical (unpaired) electrons. The van der Waals surface area contributed by atoms with Crippen molar-refractivity contribution in [3.8, 4) is 0 Å². The summed E-state index contributed by atoms with van der Waals surface area (Å²) in [5.41, 5.74) is -7.50. The van der Waals surface area contributed by atoms with Gasteiger partial charge in [-0.25, -0.2) is 14.4 Å². The molecule has 1 heterocycles. The van der Waals surface area contributed by atoms with Crippen molar-refractivity contribution in [1.82, 2.24) is 5.32 Å². The van der Waals surface area contributed by atoms with Crippen molar-refractivity contribution >= 4 is 41.7 Å². The minimum Gasteiger partial charge on any atom is -0.455 e. The lowest BCUT2D eigenvalue weighted by Gasteiger charge is -2.67. The van der Waals surface area contributed by atoms with Crippen LogP contribution in [0.2, 0.25) is 0 Å². The number of nitrogens with one attached hydrogen (secondary N) is 1. The summed E-state index contributed by atoms with van der Waals surface area (Å²) >= 11 is 0. The topological polar surface area (TPSA) is 237 Å². The van der Waals surface area contributed by atoms with E-state index in [1.54, 1.807) is 66.7 Å². The molecule has 1 amide bonds. The second-order valence-corrected chi connectivity index (χ2v) is 18.3. The standard InChI is InChI=1S/C51H55NO16/c1-8-24-62-47(60)66-40(38(31-18-12-9-13-19-31)52-44(57)32-20-14-10-15-21-32)46(59)65-34-26-51(61)43(67-45(58)33-22-16-11-17-23-33)41-49(7,35(55)25-36-50(41,27-63-36)68-30(4)54)42(56)39(64-29(3)53)37(28(34)2)48(51,5)6/h8-23,34-36,38-41,43,55,61H,1,24-27H2,2-7H3,(H,52,57)/t34-,35-,36?,38-,39?,40+,41?,43-,49+,50-,51+/m0/s1. The number of fused-ring (bicyclic) bond motifs is 5. The van der Waals surface area contributed by atoms with E-state index < -0.39 is 119 Å². The first kappa shape index (κ1) is 49.2. The van der Waals surface area contributed by atoms with Gasteiger partial charge in [-0.3, -0.25) is 19.2 Å². The minimum absolute atomic E-state index is 0.0413. The Morgan fingerprint density at radius 2 is 1.47 bits per heavy atom. The Morgan fingerprint density at radius 1 is 0.868 bits per heavy atom. The normalized spacial score (nSPS) is 29.9. The first-order valence-corrected chi connectivity index (χ1v) is 22.2. The molecule has 3 aromatic carbocycles. The Bertz CT molecular complexity index is 2490. The maximum atomic E-state index is 15.7. The molecule has 360 valence electrons. The van der Waals surface area contributed by atoms with Crippen molar-refractivity contribution < 1.29 is 76.9 Å². The van der Waals surface area contributed by atoms with E-state index in [2.05, 4.69) is 11.9 Å². The van der Waals surface area contributed by atoms with Gasteiger partial charge in [-0.1, -0.05) is 93.2 Å². The summed E-state index contributed by atoms with van der Waals surface area (Å²) in [6.45, 7) is 11.1. The Morgan fingerprint density at radius 3 is 2.03 bits per heavy atom. The Balaban J connectivity index is 1.42. The van der Waals surface area contributed by atoms with Gasteiger partial charge in [0.15, 0.2) is 17.5 Å². The number of esters is 4. The van der Waals surface area contributed by atoms with Gasteiger partial charge in [0.2, 0.25) is 6.10 Å². The van der Waals surface area contributed by atoms with Gasteiger partial charge >= 0.3 is 30.0 Å². The number of Topliss-reactive ketones (excluding diaryl/α,β-unsaturated/α-hetero) is 1. The molecule has 0 spiro atoms. The molecule has 3 fully saturated rings. The van der Waals surface area contributed by atoms with E-state index in [4.69, 9.17) is 33.2 Å². The molecule has 2 saturated carbocycles. The lowest BCUT2D eigenvalue weighted by atomic mass is 9.44. The van der Waals surface area contributed by atoms with E-state index in [1.165, 1.54) is 58.0 Å². The average molecular weight is 938 g/mol. The molecule has 7 rings (SSSR count). The molecule has 17 heteroatoms. The van der Waals surface area contributed by atoms with Crippen molar-refractivity contribution in [1.29, 1.82) is 0 Å². The third kappa shape index (κ3) is 8.69. The molecule has 2 bridgehead atoms. The van der Waals surface area contributed by atoms with Gasteiger partial charge in [-0.15, -0.1) is 0 Å². The van der Waals surface area contributed by atoms with E-state index in [1.807, 2.05) is 0 Å². The summed E-state index contributed by atoms with van der Waals surface area (Å²) in [5, 5.41) is 28.8. The molecular weight excluding hydrogens is 883 g/mol. The Kier molecular flexibility index (Phi) is 13.8. The first-order chi connectivity index (χ1) is 32.2. The highest BCUT2D eigenvalue weighted by atomic mass is 16.7. The van der Waals surface area contributed by atoms with Crippen LogP contribution in [0.1, 0.15) is 86.7 Å². The molecule has 1 aliphatic heterocycles. The second-order valence-electron chi connectivity index (χ2n) is 18.3. The number of aliphatic hydroxyl groups excluding tert-OH is 1. The van der Waals surface area contributed by atoms with Crippen molar-refractivity contribution in [2.75, 3.05) is 13.2 Å². The maximum Gasteiger partial charge on any atom is 0.509 e. The summed E-state index contributed by atoms with van der Waals surface area (Å²) in [6.07, 6.45) is -10.9. The Hall–Kier alpha value is -6.69. The van der Waals surface area contributed by atoms with Crippen LogP contribution in [0.3, 0.4) is 0 Å². The van der Waals surface area contributed by atoms with Crippen molar-refractivity contribution in [3.05, 3.63) is 131 Å². The van der Waals surface area contributed by atoms with E-state index >= 15 is 9.59 Å². The van der Waals surface area contributed by atoms with Gasteiger partial charge in [-0.2, -0.15) is 0 Å². The highest BCUT2D eigenvalue weighted by molar-refractivity contribution is 5.96. The largest absolute Gasteiger partial charge is 0.509 e. The number of carbonyl (C=O) groups excluding carboxylic acids is 7. The maximum absolute atomic E-state index is 15.7. The summed E-state index contributed by atoms with van der Waals surface area (Å²) < 4.78 is 41.4. The lowest BCUT2D eigenvalue weighted by molar-refractivity contribution is -0.346. The van der Waals surface area contributed by atoms with Gasteiger partial charge in [-0.05, 0) is 54.8 Å². The van der Waals surface area contributed by atoms with Gasteiger partial charge in [0.05, 0.1) is 29.6 Å². The van der Waals surface area contributed by atoms with Gasteiger partial charge < -0.3 is 48.7 Å². The fraction of sp³-hybridized carbons (Fsp3) is 0.431. The van der Waals surface area contributed by atoms with Gasteiger partial charge in [0.25, 0.3) is 5.91 Å². The van der Waals surface area contributed by atoms with Crippen LogP contribution in [0.4, 0.5) is 4.79 Å². The molecule has 11 atom stereocenters. The molecular formula is C51H55NO16. The molecule has 68 heavy (non-hydrogen) atoms. The van der Waals surface area contributed by atoms with Crippen LogP contribution in [-0.2, 0) is 52.3 Å². The van der Waals surface area contributed by atoms with Crippen LogP contribution >= 0.6 is 0 Å². The van der Waals surface area contributed by atoms with Crippen LogP contribution in [0.5, 0.6) is 0 Å². The molecule has 17 nitrogen and oxygen atoms in total. The van der Waals surface area contributed by atoms with Crippen LogP contribution in [0.15, 0.2) is 115 Å². The first-order valence-electron chi connectivity index (χ1n) is 22.2. The molecule has 1 saturated heterocycles. The van der Waals surface area contributed by atoms with Crippen molar-refractivity contribution in [2.45, 2.75) is 108 Å². The van der Waals surface area contributed by atoms with E-state index in [0.717, 1.165) is 13.8 Å². The molecule has 4 aliphatic rings. The summed E-state index contributed by atoms with van der Waals surface area (Å²) in [4.78, 5) is 98.4. The lowest BCUT2D eigenvalue weighted by Crippen LogP contribution is -2.82. The number of amides is 1. The van der Waals surface area contributed by atoms with Crippen LogP contribution in [-0.4, -0.2) is 113 Å². The molecule has 3 N–H and O–H groups in total. The zero-order valence-corrected chi connectivity index (χ0v) is 38.5.